The number of hydrazone groups is 1. The molecule has 32 heavy (non-hydrogen) atoms. The van der Waals surface area contributed by atoms with Gasteiger partial charge in [-0.3, -0.25) is 4.79 Å². The number of ether oxygens (including phenoxy) is 2. The Hall–Kier alpha value is -2.56. The summed E-state index contributed by atoms with van der Waals surface area (Å²) in [6.45, 7) is 4.54. The average Bonchev–Trinajstić information content (AvgIpc) is 3.26. The van der Waals surface area contributed by atoms with Gasteiger partial charge >= 0.3 is 0 Å². The Morgan fingerprint density at radius 1 is 1.12 bits per heavy atom. The zero-order chi connectivity index (χ0) is 22.8. The molecule has 0 aliphatic rings. The molecule has 0 atom stereocenters. The fraction of sp³-hybridized carbons (Fsp3) is 0.273. The van der Waals surface area contributed by atoms with Crippen LogP contribution in [0.4, 0.5) is 0 Å². The number of hydrogen-bond acceptors (Lipinski definition) is 9. The first-order chi connectivity index (χ1) is 15.6. The Labute approximate surface area is 200 Å². The van der Waals surface area contributed by atoms with Crippen molar-refractivity contribution in [3.63, 3.8) is 0 Å². The maximum Gasteiger partial charge on any atom is 0.250 e. The number of rotatable bonds is 11. The Bertz CT molecular complexity index is 1050. The predicted octanol–water partition coefficient (Wildman–Crippen LogP) is 4.79. The second-order valence-corrected chi connectivity index (χ2v) is 9.96. The van der Waals surface area contributed by atoms with Crippen molar-refractivity contribution in [1.82, 2.24) is 15.6 Å². The lowest BCUT2D eigenvalue weighted by Gasteiger charge is -2.09. The van der Waals surface area contributed by atoms with E-state index in [0.29, 0.717) is 18.1 Å². The van der Waals surface area contributed by atoms with Crippen LogP contribution >= 0.6 is 34.9 Å². The molecule has 0 spiro atoms. The predicted molar refractivity (Wildman–Crippen MR) is 131 cm³/mol. The Morgan fingerprint density at radius 3 is 2.59 bits per heavy atom. The van der Waals surface area contributed by atoms with Crippen LogP contribution < -0.4 is 14.9 Å². The van der Waals surface area contributed by atoms with Crippen molar-refractivity contribution in [3.8, 4) is 11.5 Å². The van der Waals surface area contributed by atoms with Gasteiger partial charge < -0.3 is 9.47 Å². The Balaban J connectivity index is 1.42. The third kappa shape index (κ3) is 7.54. The molecule has 0 fully saturated rings. The smallest absolute Gasteiger partial charge is 0.250 e. The van der Waals surface area contributed by atoms with Gasteiger partial charge in [-0.15, -0.1) is 10.2 Å². The molecule has 0 saturated carbocycles. The van der Waals surface area contributed by atoms with Gasteiger partial charge in [-0.05, 0) is 43.2 Å². The number of carbonyl (C=O) groups is 1. The number of hydrogen-bond donors (Lipinski definition) is 1. The zero-order valence-electron chi connectivity index (χ0n) is 18.0. The summed E-state index contributed by atoms with van der Waals surface area (Å²) in [5.74, 6) is 2.12. The maximum atomic E-state index is 12.1. The monoisotopic (exact) mass is 488 g/mol. The van der Waals surface area contributed by atoms with Gasteiger partial charge in [0.05, 0.1) is 25.7 Å². The molecule has 0 unspecified atom stereocenters. The van der Waals surface area contributed by atoms with Crippen molar-refractivity contribution in [2.24, 2.45) is 5.10 Å². The van der Waals surface area contributed by atoms with E-state index < -0.39 is 0 Å². The minimum atomic E-state index is -0.215. The summed E-state index contributed by atoms with van der Waals surface area (Å²) in [4.78, 5) is 12.1. The number of aromatic nitrogens is 2. The van der Waals surface area contributed by atoms with E-state index in [0.717, 1.165) is 20.0 Å². The molecule has 2 aromatic carbocycles. The van der Waals surface area contributed by atoms with E-state index in [1.165, 1.54) is 34.2 Å². The number of carbonyl (C=O) groups excluding carboxylic acids is 1. The molecule has 1 heterocycles. The third-order valence-electron chi connectivity index (χ3n) is 4.09. The molecule has 0 aliphatic carbocycles. The highest BCUT2D eigenvalue weighted by Gasteiger charge is 2.09. The largest absolute Gasteiger partial charge is 0.493 e. The van der Waals surface area contributed by atoms with Crippen LogP contribution in [0.2, 0.25) is 0 Å². The normalized spacial score (nSPS) is 11.0. The number of methoxy groups -OCH3 is 1. The minimum absolute atomic E-state index is 0.210. The van der Waals surface area contributed by atoms with Crippen LogP contribution in [0.1, 0.15) is 23.6 Å². The van der Waals surface area contributed by atoms with Crippen LogP contribution in [0.5, 0.6) is 11.5 Å². The molecule has 1 N–H and O–H groups in total. The molecular weight excluding hydrogens is 464 g/mol. The highest BCUT2D eigenvalue weighted by molar-refractivity contribution is 8.03. The van der Waals surface area contributed by atoms with Crippen molar-refractivity contribution in [3.05, 3.63) is 59.2 Å². The Kier molecular flexibility index (Phi) is 9.39. The number of amides is 1. The molecular formula is C22H24N4O3S3. The summed E-state index contributed by atoms with van der Waals surface area (Å²) < 4.78 is 12.4. The van der Waals surface area contributed by atoms with Crippen LogP contribution in [-0.2, 0) is 10.5 Å². The number of thioether (sulfide) groups is 2. The molecule has 0 radical (unpaired) electrons. The lowest BCUT2D eigenvalue weighted by molar-refractivity contribution is -0.118. The van der Waals surface area contributed by atoms with Gasteiger partial charge in [0, 0.05) is 5.75 Å². The van der Waals surface area contributed by atoms with Gasteiger partial charge in [-0.2, -0.15) is 5.10 Å². The number of aryl methyl sites for hydroxylation is 1. The topological polar surface area (TPSA) is 85.7 Å². The summed E-state index contributed by atoms with van der Waals surface area (Å²) in [5.41, 5.74) is 5.80. The second kappa shape index (κ2) is 12.5. The van der Waals surface area contributed by atoms with Gasteiger partial charge in [0.25, 0.3) is 5.91 Å². The maximum absolute atomic E-state index is 12.1. The fourth-order valence-corrected chi connectivity index (χ4v) is 5.29. The average molecular weight is 489 g/mol. The molecule has 0 saturated heterocycles. The summed E-state index contributed by atoms with van der Waals surface area (Å²) >= 11 is 4.47. The van der Waals surface area contributed by atoms with Gasteiger partial charge in [0.1, 0.15) is 0 Å². The number of benzene rings is 2. The van der Waals surface area contributed by atoms with Crippen LogP contribution in [0.25, 0.3) is 0 Å². The van der Waals surface area contributed by atoms with Crippen LogP contribution in [-0.4, -0.2) is 41.8 Å². The Morgan fingerprint density at radius 2 is 1.88 bits per heavy atom. The first-order valence-corrected chi connectivity index (χ1v) is 12.6. The number of nitrogens with zero attached hydrogens (tertiary/aromatic N) is 3. The molecule has 3 aromatic rings. The lowest BCUT2D eigenvalue weighted by atomic mass is 10.2. The first-order valence-electron chi connectivity index (χ1n) is 9.84. The van der Waals surface area contributed by atoms with E-state index in [9.17, 15) is 4.79 Å². The number of nitrogens with one attached hydrogen (secondary N) is 1. The second-order valence-electron chi connectivity index (χ2n) is 6.53. The van der Waals surface area contributed by atoms with E-state index in [1.54, 1.807) is 31.2 Å². The first kappa shape index (κ1) is 24.1. The van der Waals surface area contributed by atoms with Gasteiger partial charge in [0.2, 0.25) is 0 Å². The van der Waals surface area contributed by atoms with Gasteiger partial charge in [-0.25, -0.2) is 5.43 Å². The zero-order valence-corrected chi connectivity index (χ0v) is 20.5. The van der Waals surface area contributed by atoms with Gasteiger partial charge in [0.15, 0.2) is 20.2 Å². The molecule has 168 valence electrons. The van der Waals surface area contributed by atoms with E-state index in [-0.39, 0.29) is 11.7 Å². The lowest BCUT2D eigenvalue weighted by Crippen LogP contribution is -2.19. The van der Waals surface area contributed by atoms with Crippen LogP contribution in [0, 0.1) is 6.92 Å². The highest BCUT2D eigenvalue weighted by Crippen LogP contribution is 2.30. The molecule has 7 nitrogen and oxygen atoms in total. The van der Waals surface area contributed by atoms with E-state index >= 15 is 0 Å². The van der Waals surface area contributed by atoms with E-state index in [2.05, 4.69) is 51.9 Å². The minimum Gasteiger partial charge on any atom is -0.493 e. The summed E-state index contributed by atoms with van der Waals surface area (Å²) in [7, 11) is 1.58. The van der Waals surface area contributed by atoms with Crippen LogP contribution in [0.15, 0.2) is 56.2 Å². The fourth-order valence-electron chi connectivity index (χ4n) is 2.52. The van der Waals surface area contributed by atoms with Crippen molar-refractivity contribution in [2.75, 3.05) is 19.5 Å². The SMILES string of the molecule is CCOc1ccc(/C=N\NC(=O)CSc2nnc(SCc3ccc(C)cc3)s2)cc1OC. The van der Waals surface area contributed by atoms with Crippen LogP contribution in [0.3, 0.4) is 0 Å². The van der Waals surface area contributed by atoms with Gasteiger partial charge in [-0.1, -0.05) is 64.7 Å². The standard InChI is InChI=1S/C22H24N4O3S3/c1-4-29-18-10-9-17(11-19(18)28-3)12-23-24-20(27)14-31-22-26-25-21(32-22)30-13-16-7-5-15(2)6-8-16/h5-12H,4,13-14H2,1-3H3,(H,24,27)/b23-12-. The molecule has 1 amide bonds. The van der Waals surface area contributed by atoms with Crippen molar-refractivity contribution < 1.29 is 14.3 Å². The van der Waals surface area contributed by atoms with Crippen molar-refractivity contribution in [1.29, 1.82) is 0 Å². The molecule has 1 aromatic heterocycles. The summed E-state index contributed by atoms with van der Waals surface area (Å²) in [6.07, 6.45) is 1.56. The van der Waals surface area contributed by atoms with E-state index in [1.807, 2.05) is 19.1 Å². The van der Waals surface area contributed by atoms with Crippen molar-refractivity contribution in [2.45, 2.75) is 28.3 Å². The van der Waals surface area contributed by atoms with Crippen molar-refractivity contribution >= 4 is 47.0 Å². The molecule has 0 aliphatic heterocycles. The van der Waals surface area contributed by atoms with E-state index in [4.69, 9.17) is 9.47 Å². The molecule has 0 bridgehead atoms. The third-order valence-corrected chi connectivity index (χ3v) is 7.35. The summed E-state index contributed by atoms with van der Waals surface area (Å²) in [6, 6.07) is 13.9. The highest BCUT2D eigenvalue weighted by atomic mass is 32.2. The quantitative estimate of drug-likeness (QED) is 0.236. The summed E-state index contributed by atoms with van der Waals surface area (Å²) in [5, 5.41) is 12.4. The molecule has 3 rings (SSSR count). The molecule has 10 heteroatoms.